The van der Waals surface area contributed by atoms with Crippen LogP contribution >= 0.6 is 11.6 Å². The number of amides is 4. The number of hydrogen-bond donors (Lipinski definition) is 2. The summed E-state index contributed by atoms with van der Waals surface area (Å²) in [5.41, 5.74) is 1.52. The first-order chi connectivity index (χ1) is 13.2. The number of urea groups is 1. The van der Waals surface area contributed by atoms with Crippen molar-refractivity contribution in [2.75, 3.05) is 11.9 Å². The van der Waals surface area contributed by atoms with Crippen LogP contribution in [0.15, 0.2) is 42.5 Å². The highest BCUT2D eigenvalue weighted by Crippen LogP contribution is 2.30. The first-order valence-electron chi connectivity index (χ1n) is 8.99. The number of nitrogens with zero attached hydrogens (tertiary/aromatic N) is 1. The van der Waals surface area contributed by atoms with Gasteiger partial charge in [-0.15, -0.1) is 0 Å². The van der Waals surface area contributed by atoms with E-state index < -0.39 is 5.54 Å². The number of fused-ring (bicyclic) bond motifs is 1. The number of nitrogens with one attached hydrogen (secondary N) is 2. The van der Waals surface area contributed by atoms with Crippen LogP contribution in [0.4, 0.5) is 10.5 Å². The van der Waals surface area contributed by atoms with E-state index in [1.165, 1.54) is 11.0 Å². The van der Waals surface area contributed by atoms with Crippen molar-refractivity contribution in [2.24, 2.45) is 0 Å². The van der Waals surface area contributed by atoms with Crippen molar-refractivity contribution in [3.8, 4) is 0 Å². The molecule has 0 saturated heterocycles. The zero-order chi connectivity index (χ0) is 20.5. The van der Waals surface area contributed by atoms with Crippen LogP contribution in [0, 0.1) is 0 Å². The number of carbonyl (C=O) groups excluding carboxylic acids is 3. The molecule has 0 unspecified atom stereocenters. The van der Waals surface area contributed by atoms with Crippen LogP contribution in [0.2, 0.25) is 5.02 Å². The fraction of sp³-hybridized carbons (Fsp3) is 0.286. The van der Waals surface area contributed by atoms with Gasteiger partial charge in [-0.1, -0.05) is 23.7 Å². The second kappa shape index (κ2) is 7.64. The summed E-state index contributed by atoms with van der Waals surface area (Å²) in [6, 6.07) is 11.8. The Morgan fingerprint density at radius 2 is 1.75 bits per heavy atom. The number of hydrogen-bond acceptors (Lipinski definition) is 3. The molecule has 0 aliphatic carbocycles. The van der Waals surface area contributed by atoms with Crippen LogP contribution in [0.3, 0.4) is 0 Å². The van der Waals surface area contributed by atoms with Crippen molar-refractivity contribution < 1.29 is 14.4 Å². The summed E-state index contributed by atoms with van der Waals surface area (Å²) in [5.74, 6) is -0.664. The topological polar surface area (TPSA) is 78.5 Å². The molecule has 146 valence electrons. The number of halogens is 1. The van der Waals surface area contributed by atoms with Gasteiger partial charge in [-0.3, -0.25) is 14.5 Å². The highest BCUT2D eigenvalue weighted by Gasteiger charge is 2.41. The minimum atomic E-state index is -0.613. The predicted octanol–water partition coefficient (Wildman–Crippen LogP) is 4.10. The Morgan fingerprint density at radius 3 is 2.43 bits per heavy atom. The maximum Gasteiger partial charge on any atom is 0.319 e. The van der Waals surface area contributed by atoms with Gasteiger partial charge in [0.05, 0.1) is 11.1 Å². The average molecular weight is 400 g/mol. The molecule has 28 heavy (non-hydrogen) atoms. The highest BCUT2D eigenvalue weighted by molar-refractivity contribution is 6.30. The third-order valence-corrected chi connectivity index (χ3v) is 4.64. The molecule has 2 aromatic carbocycles. The molecule has 7 heteroatoms. The van der Waals surface area contributed by atoms with Gasteiger partial charge >= 0.3 is 6.03 Å². The Bertz CT molecular complexity index is 950. The molecule has 0 radical (unpaired) electrons. The van der Waals surface area contributed by atoms with Crippen molar-refractivity contribution in [3.63, 3.8) is 0 Å². The van der Waals surface area contributed by atoms with E-state index in [4.69, 9.17) is 11.6 Å². The van der Waals surface area contributed by atoms with Crippen LogP contribution in [0.1, 0.15) is 47.1 Å². The van der Waals surface area contributed by atoms with E-state index in [1.807, 2.05) is 18.2 Å². The van der Waals surface area contributed by atoms with E-state index in [0.717, 1.165) is 5.56 Å². The van der Waals surface area contributed by atoms with Gasteiger partial charge in [0.2, 0.25) is 0 Å². The molecule has 1 aliphatic rings. The minimum absolute atomic E-state index is 0.302. The Balaban J connectivity index is 1.62. The second-order valence-corrected chi connectivity index (χ2v) is 8.07. The van der Waals surface area contributed by atoms with Gasteiger partial charge < -0.3 is 10.6 Å². The molecule has 2 N–H and O–H groups in total. The Kier molecular flexibility index (Phi) is 5.42. The molecular weight excluding hydrogens is 378 g/mol. The van der Waals surface area contributed by atoms with Gasteiger partial charge in [0.1, 0.15) is 0 Å². The van der Waals surface area contributed by atoms with Crippen LogP contribution in [0.5, 0.6) is 0 Å². The molecule has 0 bridgehead atoms. The van der Waals surface area contributed by atoms with Gasteiger partial charge in [-0.2, -0.15) is 0 Å². The van der Waals surface area contributed by atoms with Gasteiger partial charge in [0.15, 0.2) is 0 Å². The first kappa shape index (κ1) is 19.9. The van der Waals surface area contributed by atoms with Crippen LogP contribution in [-0.2, 0) is 6.42 Å². The van der Waals surface area contributed by atoms with Crippen molar-refractivity contribution in [3.05, 3.63) is 64.2 Å². The standard InChI is InChI=1S/C21H22ClN3O3/c1-21(2,3)25-18(26)16-8-7-15(12-17(16)19(25)27)24-20(28)23-10-9-13-5-4-6-14(22)11-13/h4-8,11-12H,9-10H2,1-3H3,(H2,23,24,28). The lowest BCUT2D eigenvalue weighted by Crippen LogP contribution is -2.45. The summed E-state index contributed by atoms with van der Waals surface area (Å²) in [5, 5.41) is 6.12. The second-order valence-electron chi connectivity index (χ2n) is 7.64. The SMILES string of the molecule is CC(C)(C)N1C(=O)c2ccc(NC(=O)NCCc3cccc(Cl)c3)cc2C1=O. The molecule has 1 heterocycles. The lowest BCUT2D eigenvalue weighted by molar-refractivity contribution is 0.0507. The highest BCUT2D eigenvalue weighted by atomic mass is 35.5. The first-order valence-corrected chi connectivity index (χ1v) is 9.37. The van der Waals surface area contributed by atoms with Gasteiger partial charge in [-0.05, 0) is 63.1 Å². The largest absolute Gasteiger partial charge is 0.338 e. The number of anilines is 1. The molecule has 1 aliphatic heterocycles. The monoisotopic (exact) mass is 399 g/mol. The van der Waals surface area contributed by atoms with E-state index in [2.05, 4.69) is 10.6 Å². The molecule has 0 aromatic heterocycles. The predicted molar refractivity (Wildman–Crippen MR) is 109 cm³/mol. The zero-order valence-electron chi connectivity index (χ0n) is 16.0. The quantitative estimate of drug-likeness (QED) is 0.760. The number of rotatable bonds is 4. The maximum atomic E-state index is 12.6. The molecule has 2 aromatic rings. The molecule has 0 spiro atoms. The summed E-state index contributed by atoms with van der Waals surface area (Å²) in [7, 11) is 0. The number of benzene rings is 2. The Labute approximate surface area is 168 Å². The summed E-state index contributed by atoms with van der Waals surface area (Å²) in [4.78, 5) is 38.5. The van der Waals surface area contributed by atoms with Crippen LogP contribution < -0.4 is 10.6 Å². The third kappa shape index (κ3) is 4.17. The summed E-state index contributed by atoms with van der Waals surface area (Å²) < 4.78 is 0. The molecule has 3 rings (SSSR count). The maximum absolute atomic E-state index is 12.6. The third-order valence-electron chi connectivity index (χ3n) is 4.40. The van der Waals surface area contributed by atoms with E-state index in [9.17, 15) is 14.4 Å². The fourth-order valence-corrected chi connectivity index (χ4v) is 3.33. The number of carbonyl (C=O) groups is 3. The Hall–Kier alpha value is -2.86. The van der Waals surface area contributed by atoms with Gasteiger partial charge in [-0.25, -0.2) is 4.79 Å². The summed E-state index contributed by atoms with van der Waals surface area (Å²) in [6.07, 6.45) is 0.645. The van der Waals surface area contributed by atoms with Gasteiger partial charge in [0, 0.05) is 22.8 Å². The smallest absolute Gasteiger partial charge is 0.319 e. The molecule has 6 nitrogen and oxygen atoms in total. The van der Waals surface area contributed by atoms with Gasteiger partial charge in [0.25, 0.3) is 11.8 Å². The fourth-order valence-electron chi connectivity index (χ4n) is 3.12. The minimum Gasteiger partial charge on any atom is -0.338 e. The molecule has 4 amide bonds. The molecule has 0 fully saturated rings. The van der Waals surface area contributed by atoms with Crippen molar-refractivity contribution in [2.45, 2.75) is 32.7 Å². The van der Waals surface area contributed by atoms with E-state index in [1.54, 1.807) is 39.0 Å². The average Bonchev–Trinajstić information content (AvgIpc) is 2.85. The zero-order valence-corrected chi connectivity index (χ0v) is 16.8. The van der Waals surface area contributed by atoms with E-state index in [0.29, 0.717) is 34.8 Å². The lowest BCUT2D eigenvalue weighted by atomic mass is 10.1. The molecule has 0 atom stereocenters. The van der Waals surface area contributed by atoms with E-state index in [-0.39, 0.29) is 17.8 Å². The summed E-state index contributed by atoms with van der Waals surface area (Å²) >= 11 is 5.95. The Morgan fingerprint density at radius 1 is 1.04 bits per heavy atom. The van der Waals surface area contributed by atoms with E-state index >= 15 is 0 Å². The van der Waals surface area contributed by atoms with Crippen molar-refractivity contribution in [1.82, 2.24) is 10.2 Å². The molecular formula is C21H22ClN3O3. The van der Waals surface area contributed by atoms with Crippen LogP contribution in [0.25, 0.3) is 0 Å². The summed E-state index contributed by atoms with van der Waals surface area (Å²) in [6.45, 7) is 5.86. The molecule has 0 saturated carbocycles. The van der Waals surface area contributed by atoms with Crippen LogP contribution in [-0.4, -0.2) is 34.8 Å². The number of imide groups is 1. The normalized spacial score (nSPS) is 13.5. The van der Waals surface area contributed by atoms with Crippen molar-refractivity contribution >= 4 is 35.1 Å². The van der Waals surface area contributed by atoms with Crippen molar-refractivity contribution in [1.29, 1.82) is 0 Å². The lowest BCUT2D eigenvalue weighted by Gasteiger charge is -2.29.